The topological polar surface area (TPSA) is 70.6 Å². The predicted octanol–water partition coefficient (Wildman–Crippen LogP) is 1.68. The number of nitrogens with zero attached hydrogens (tertiary/aromatic N) is 1. The average Bonchev–Trinajstić information content (AvgIpc) is 2.21. The Balaban J connectivity index is 3.32. The molecule has 4 nitrogen and oxygen atoms in total. The van der Waals surface area contributed by atoms with Crippen LogP contribution in [0.2, 0.25) is 0 Å². The van der Waals surface area contributed by atoms with Gasteiger partial charge in [0.05, 0.1) is 6.54 Å². The van der Waals surface area contributed by atoms with Crippen LogP contribution in [0.25, 0.3) is 0 Å². The van der Waals surface area contributed by atoms with E-state index in [1.807, 2.05) is 0 Å². The fourth-order valence-electron chi connectivity index (χ4n) is 1.29. The number of hydrogen-bond donors (Lipinski definition) is 3. The standard InChI is InChI=1S/C10H23N3O/c1-3-4-5-6-7-9(2)12-8-10(11)13-14/h9,12,14H,3-8H2,1-2H3,(H2,11,13). The highest BCUT2D eigenvalue weighted by Crippen LogP contribution is 2.04. The Bertz CT molecular complexity index is 159. The van der Waals surface area contributed by atoms with Crippen molar-refractivity contribution in [2.75, 3.05) is 6.54 Å². The zero-order chi connectivity index (χ0) is 10.8. The molecule has 84 valence electrons. The van der Waals surface area contributed by atoms with E-state index in [9.17, 15) is 0 Å². The molecule has 0 aliphatic heterocycles. The van der Waals surface area contributed by atoms with Crippen molar-refractivity contribution in [3.05, 3.63) is 0 Å². The first-order chi connectivity index (χ1) is 6.70. The van der Waals surface area contributed by atoms with Gasteiger partial charge in [-0.15, -0.1) is 0 Å². The molecule has 4 heteroatoms. The van der Waals surface area contributed by atoms with Crippen LogP contribution in [-0.2, 0) is 0 Å². The average molecular weight is 201 g/mol. The lowest BCUT2D eigenvalue weighted by Gasteiger charge is -2.12. The number of oxime groups is 1. The van der Waals surface area contributed by atoms with Gasteiger partial charge in [0.2, 0.25) is 0 Å². The molecule has 0 saturated carbocycles. The minimum atomic E-state index is 0.241. The molecule has 0 aliphatic rings. The van der Waals surface area contributed by atoms with Gasteiger partial charge < -0.3 is 16.3 Å². The highest BCUT2D eigenvalue weighted by molar-refractivity contribution is 5.81. The van der Waals surface area contributed by atoms with Crippen LogP contribution >= 0.6 is 0 Å². The summed E-state index contributed by atoms with van der Waals surface area (Å²) in [5, 5.41) is 14.4. The fourth-order valence-corrected chi connectivity index (χ4v) is 1.29. The summed E-state index contributed by atoms with van der Waals surface area (Å²) in [7, 11) is 0. The summed E-state index contributed by atoms with van der Waals surface area (Å²) >= 11 is 0. The number of hydrogen-bond acceptors (Lipinski definition) is 3. The van der Waals surface area contributed by atoms with Gasteiger partial charge in [-0.2, -0.15) is 0 Å². The summed E-state index contributed by atoms with van der Waals surface area (Å²) in [4.78, 5) is 0. The van der Waals surface area contributed by atoms with Crippen molar-refractivity contribution < 1.29 is 5.21 Å². The zero-order valence-corrected chi connectivity index (χ0v) is 9.29. The number of rotatable bonds is 8. The Morgan fingerprint density at radius 2 is 2.14 bits per heavy atom. The Morgan fingerprint density at radius 1 is 1.43 bits per heavy atom. The highest BCUT2D eigenvalue weighted by atomic mass is 16.4. The summed E-state index contributed by atoms with van der Waals surface area (Å²) in [6, 6.07) is 0.437. The van der Waals surface area contributed by atoms with Crippen LogP contribution in [-0.4, -0.2) is 23.6 Å². The van der Waals surface area contributed by atoms with Gasteiger partial charge in [0.25, 0.3) is 0 Å². The van der Waals surface area contributed by atoms with E-state index >= 15 is 0 Å². The van der Waals surface area contributed by atoms with E-state index in [-0.39, 0.29) is 5.84 Å². The molecule has 0 amide bonds. The van der Waals surface area contributed by atoms with E-state index in [1.54, 1.807) is 0 Å². The lowest BCUT2D eigenvalue weighted by atomic mass is 10.1. The van der Waals surface area contributed by atoms with Crippen LogP contribution in [0.4, 0.5) is 0 Å². The van der Waals surface area contributed by atoms with Crippen LogP contribution in [0.15, 0.2) is 5.16 Å². The second kappa shape index (κ2) is 8.81. The van der Waals surface area contributed by atoms with Gasteiger partial charge in [-0.05, 0) is 13.3 Å². The molecule has 0 saturated heterocycles. The van der Waals surface area contributed by atoms with Crippen molar-refractivity contribution in [1.29, 1.82) is 0 Å². The molecule has 0 aromatic carbocycles. The largest absolute Gasteiger partial charge is 0.409 e. The smallest absolute Gasteiger partial charge is 0.153 e. The minimum Gasteiger partial charge on any atom is -0.409 e. The first-order valence-corrected chi connectivity index (χ1v) is 5.40. The summed E-state index contributed by atoms with van der Waals surface area (Å²) < 4.78 is 0. The maximum absolute atomic E-state index is 8.32. The maximum Gasteiger partial charge on any atom is 0.153 e. The molecule has 0 spiro atoms. The van der Waals surface area contributed by atoms with Crippen molar-refractivity contribution in [3.8, 4) is 0 Å². The molecule has 14 heavy (non-hydrogen) atoms. The van der Waals surface area contributed by atoms with Crippen molar-refractivity contribution in [2.45, 2.75) is 52.0 Å². The van der Waals surface area contributed by atoms with Gasteiger partial charge in [0, 0.05) is 6.04 Å². The van der Waals surface area contributed by atoms with E-state index in [2.05, 4.69) is 24.3 Å². The van der Waals surface area contributed by atoms with E-state index in [0.717, 1.165) is 6.42 Å². The summed E-state index contributed by atoms with van der Waals surface area (Å²) in [6.45, 7) is 4.79. The van der Waals surface area contributed by atoms with E-state index in [0.29, 0.717) is 12.6 Å². The van der Waals surface area contributed by atoms with Gasteiger partial charge >= 0.3 is 0 Å². The number of nitrogens with one attached hydrogen (secondary N) is 1. The molecule has 1 unspecified atom stereocenters. The molecule has 4 N–H and O–H groups in total. The Morgan fingerprint density at radius 3 is 2.71 bits per heavy atom. The van der Waals surface area contributed by atoms with Crippen molar-refractivity contribution in [3.63, 3.8) is 0 Å². The van der Waals surface area contributed by atoms with Crippen LogP contribution < -0.4 is 11.1 Å². The first-order valence-electron chi connectivity index (χ1n) is 5.40. The molecular weight excluding hydrogens is 178 g/mol. The van der Waals surface area contributed by atoms with Crippen LogP contribution in [0, 0.1) is 0 Å². The molecule has 0 aromatic heterocycles. The monoisotopic (exact) mass is 201 g/mol. The predicted molar refractivity (Wildman–Crippen MR) is 59.6 cm³/mol. The third-order valence-electron chi connectivity index (χ3n) is 2.25. The van der Waals surface area contributed by atoms with Gasteiger partial charge in [-0.1, -0.05) is 37.8 Å². The van der Waals surface area contributed by atoms with Gasteiger partial charge in [0.1, 0.15) is 0 Å². The lowest BCUT2D eigenvalue weighted by Crippen LogP contribution is -2.35. The molecule has 0 heterocycles. The number of nitrogens with two attached hydrogens (primary N) is 1. The van der Waals surface area contributed by atoms with Crippen molar-refractivity contribution in [1.82, 2.24) is 5.32 Å². The molecule has 0 fully saturated rings. The normalized spacial score (nSPS) is 14.3. The Labute approximate surface area is 86.6 Å². The number of amidine groups is 1. The van der Waals surface area contributed by atoms with E-state index in [1.165, 1.54) is 25.7 Å². The summed E-state index contributed by atoms with van der Waals surface area (Å²) in [6.07, 6.45) is 6.28. The van der Waals surface area contributed by atoms with Crippen molar-refractivity contribution >= 4 is 5.84 Å². The number of unbranched alkanes of at least 4 members (excludes halogenated alkanes) is 3. The van der Waals surface area contributed by atoms with Gasteiger partial charge in [-0.25, -0.2) is 0 Å². The summed E-state index contributed by atoms with van der Waals surface area (Å²) in [5.74, 6) is 0.241. The van der Waals surface area contributed by atoms with E-state index < -0.39 is 0 Å². The third-order valence-corrected chi connectivity index (χ3v) is 2.25. The van der Waals surface area contributed by atoms with Crippen LogP contribution in [0.5, 0.6) is 0 Å². The molecule has 0 aromatic rings. The minimum absolute atomic E-state index is 0.241. The van der Waals surface area contributed by atoms with E-state index in [4.69, 9.17) is 10.9 Å². The lowest BCUT2D eigenvalue weighted by molar-refractivity contribution is 0.316. The third kappa shape index (κ3) is 7.86. The van der Waals surface area contributed by atoms with Crippen LogP contribution in [0.3, 0.4) is 0 Å². The molecule has 1 atom stereocenters. The fraction of sp³-hybridized carbons (Fsp3) is 0.900. The highest BCUT2D eigenvalue weighted by Gasteiger charge is 2.01. The first kappa shape index (κ1) is 13.2. The van der Waals surface area contributed by atoms with Gasteiger partial charge in [0.15, 0.2) is 5.84 Å². The SMILES string of the molecule is CCCCCCC(C)NCC(N)=NO. The maximum atomic E-state index is 8.32. The van der Waals surface area contributed by atoms with Crippen molar-refractivity contribution in [2.24, 2.45) is 10.9 Å². The molecule has 0 aliphatic carbocycles. The quantitative estimate of drug-likeness (QED) is 0.184. The Kier molecular flexibility index (Phi) is 8.33. The molecule has 0 bridgehead atoms. The second-order valence-corrected chi connectivity index (χ2v) is 3.72. The van der Waals surface area contributed by atoms with Crippen LogP contribution in [0.1, 0.15) is 46.0 Å². The second-order valence-electron chi connectivity index (χ2n) is 3.72. The molecular formula is C10H23N3O. The summed E-state index contributed by atoms with van der Waals surface area (Å²) in [5.41, 5.74) is 5.34. The molecule has 0 rings (SSSR count). The van der Waals surface area contributed by atoms with Gasteiger partial charge in [-0.3, -0.25) is 0 Å². The Hall–Kier alpha value is -0.770. The molecule has 0 radical (unpaired) electrons. The zero-order valence-electron chi connectivity index (χ0n) is 9.29.